The summed E-state index contributed by atoms with van der Waals surface area (Å²) in [5.41, 5.74) is 0. The van der Waals surface area contributed by atoms with E-state index in [4.69, 9.17) is 4.74 Å². The summed E-state index contributed by atoms with van der Waals surface area (Å²) in [5.74, 6) is -0.709. The van der Waals surface area contributed by atoms with Crippen molar-refractivity contribution in [2.45, 2.75) is 18.9 Å². The highest BCUT2D eigenvalue weighted by Crippen LogP contribution is 2.47. The number of halogens is 2. The normalized spacial score (nSPS) is 27.9. The number of piperidine rings is 1. The van der Waals surface area contributed by atoms with E-state index in [9.17, 15) is 18.7 Å². The SMILES string of the molecule is O=C(Oc1cc(F)cc(F)c1)N1CC2CC2CC1CO. The fourth-order valence-electron chi connectivity index (χ4n) is 2.84. The smallest absolute Gasteiger partial charge is 0.410 e. The van der Waals surface area contributed by atoms with E-state index in [-0.39, 0.29) is 18.4 Å². The number of ether oxygens (including phenoxy) is 1. The fourth-order valence-corrected chi connectivity index (χ4v) is 2.84. The minimum absolute atomic E-state index is 0.129. The van der Waals surface area contributed by atoms with E-state index in [2.05, 4.69) is 0 Å². The Morgan fingerprint density at radius 3 is 2.60 bits per heavy atom. The number of benzene rings is 1. The Labute approximate surface area is 114 Å². The molecule has 1 aliphatic carbocycles. The number of aliphatic hydroxyl groups excluding tert-OH is 1. The summed E-state index contributed by atoms with van der Waals surface area (Å²) in [6.45, 7) is 0.405. The summed E-state index contributed by atoms with van der Waals surface area (Å²) in [5, 5.41) is 9.33. The van der Waals surface area contributed by atoms with E-state index < -0.39 is 17.7 Å². The molecular formula is C14H15F2NO3. The highest BCUT2D eigenvalue weighted by atomic mass is 19.1. The summed E-state index contributed by atoms with van der Waals surface area (Å²) in [4.78, 5) is 13.5. The first-order chi connectivity index (χ1) is 9.56. The van der Waals surface area contributed by atoms with E-state index in [1.807, 2.05) is 0 Å². The maximum Gasteiger partial charge on any atom is 0.415 e. The van der Waals surface area contributed by atoms with Crippen LogP contribution >= 0.6 is 0 Å². The van der Waals surface area contributed by atoms with Crippen LogP contribution in [0.2, 0.25) is 0 Å². The fraction of sp³-hybridized carbons (Fsp3) is 0.500. The van der Waals surface area contributed by atoms with Gasteiger partial charge in [-0.1, -0.05) is 0 Å². The molecule has 0 aromatic heterocycles. The van der Waals surface area contributed by atoms with Crippen molar-refractivity contribution in [3.8, 4) is 5.75 Å². The van der Waals surface area contributed by atoms with Crippen LogP contribution in [0.1, 0.15) is 12.8 Å². The first-order valence-corrected chi connectivity index (χ1v) is 6.62. The van der Waals surface area contributed by atoms with Gasteiger partial charge >= 0.3 is 6.09 Å². The van der Waals surface area contributed by atoms with E-state index in [1.54, 1.807) is 0 Å². The molecule has 1 aromatic rings. The third kappa shape index (κ3) is 2.60. The number of fused-ring (bicyclic) bond motifs is 1. The van der Waals surface area contributed by atoms with Gasteiger partial charge < -0.3 is 14.7 Å². The van der Waals surface area contributed by atoms with Gasteiger partial charge in [0.2, 0.25) is 0 Å². The Hall–Kier alpha value is -1.69. The van der Waals surface area contributed by atoms with Crippen molar-refractivity contribution in [2.24, 2.45) is 11.8 Å². The van der Waals surface area contributed by atoms with Crippen molar-refractivity contribution >= 4 is 6.09 Å². The lowest BCUT2D eigenvalue weighted by Crippen LogP contribution is -2.47. The number of rotatable bonds is 2. The van der Waals surface area contributed by atoms with Crippen LogP contribution in [-0.4, -0.2) is 35.3 Å². The molecule has 3 unspecified atom stereocenters. The van der Waals surface area contributed by atoms with Gasteiger partial charge in [-0.05, 0) is 24.7 Å². The van der Waals surface area contributed by atoms with Gasteiger partial charge in [0, 0.05) is 24.7 Å². The second-order valence-corrected chi connectivity index (χ2v) is 5.45. The zero-order chi connectivity index (χ0) is 14.3. The maximum atomic E-state index is 13.0. The van der Waals surface area contributed by atoms with E-state index in [0.29, 0.717) is 24.4 Å². The lowest BCUT2D eigenvalue weighted by atomic mass is 10.0. The molecule has 1 amide bonds. The predicted octanol–water partition coefficient (Wildman–Crippen LogP) is 2.17. The van der Waals surface area contributed by atoms with Gasteiger partial charge in [-0.15, -0.1) is 0 Å². The Balaban J connectivity index is 1.71. The van der Waals surface area contributed by atoms with Gasteiger partial charge in [0.15, 0.2) is 0 Å². The molecule has 20 heavy (non-hydrogen) atoms. The third-order valence-corrected chi connectivity index (χ3v) is 4.00. The van der Waals surface area contributed by atoms with Gasteiger partial charge in [0.1, 0.15) is 17.4 Å². The van der Waals surface area contributed by atoms with Gasteiger partial charge in [0.05, 0.1) is 12.6 Å². The number of hydrogen-bond acceptors (Lipinski definition) is 3. The minimum Gasteiger partial charge on any atom is -0.410 e. The molecule has 2 aliphatic rings. The minimum atomic E-state index is -0.799. The molecule has 1 saturated heterocycles. The number of hydrogen-bond donors (Lipinski definition) is 1. The number of carbonyl (C=O) groups excluding carboxylic acids is 1. The van der Waals surface area contributed by atoms with Crippen LogP contribution in [0.5, 0.6) is 5.75 Å². The largest absolute Gasteiger partial charge is 0.415 e. The molecular weight excluding hydrogens is 268 g/mol. The molecule has 1 N–H and O–H groups in total. The van der Waals surface area contributed by atoms with E-state index >= 15 is 0 Å². The standard InChI is InChI=1S/C14H15F2NO3/c15-10-3-11(16)5-13(4-10)20-14(19)17-6-9-1-8(9)2-12(17)7-18/h3-5,8-9,12,18H,1-2,6-7H2. The zero-order valence-electron chi connectivity index (χ0n) is 10.8. The van der Waals surface area contributed by atoms with Crippen molar-refractivity contribution in [1.29, 1.82) is 0 Å². The number of carbonyl (C=O) groups is 1. The molecule has 4 nitrogen and oxygen atoms in total. The summed E-state index contributed by atoms with van der Waals surface area (Å²) in [7, 11) is 0. The van der Waals surface area contributed by atoms with Crippen molar-refractivity contribution < 1.29 is 23.4 Å². The van der Waals surface area contributed by atoms with Crippen LogP contribution in [0.4, 0.5) is 13.6 Å². The first kappa shape index (κ1) is 13.3. The molecule has 1 saturated carbocycles. The molecule has 6 heteroatoms. The van der Waals surface area contributed by atoms with Crippen LogP contribution in [0.15, 0.2) is 18.2 Å². The van der Waals surface area contributed by atoms with Crippen LogP contribution in [0.25, 0.3) is 0 Å². The van der Waals surface area contributed by atoms with Crippen molar-refractivity contribution in [3.05, 3.63) is 29.8 Å². The molecule has 3 rings (SSSR count). The maximum absolute atomic E-state index is 13.0. The second-order valence-electron chi connectivity index (χ2n) is 5.45. The van der Waals surface area contributed by atoms with Gasteiger partial charge in [-0.2, -0.15) is 0 Å². The Morgan fingerprint density at radius 1 is 1.25 bits per heavy atom. The summed E-state index contributed by atoms with van der Waals surface area (Å²) >= 11 is 0. The Morgan fingerprint density at radius 2 is 1.95 bits per heavy atom. The molecule has 1 heterocycles. The molecule has 3 atom stereocenters. The Kier molecular flexibility index (Phi) is 3.33. The highest BCUT2D eigenvalue weighted by molar-refractivity contribution is 5.71. The van der Waals surface area contributed by atoms with Gasteiger partial charge in [0.25, 0.3) is 0 Å². The lowest BCUT2D eigenvalue weighted by Gasteiger charge is -2.33. The van der Waals surface area contributed by atoms with Crippen LogP contribution in [0.3, 0.4) is 0 Å². The summed E-state index contributed by atoms with van der Waals surface area (Å²) in [6.07, 6.45) is 1.15. The average Bonchev–Trinajstić information content (AvgIpc) is 3.13. The number of likely N-dealkylation sites (tertiary alicyclic amines) is 1. The first-order valence-electron chi connectivity index (χ1n) is 6.62. The average molecular weight is 283 g/mol. The quantitative estimate of drug-likeness (QED) is 0.905. The van der Waals surface area contributed by atoms with Gasteiger partial charge in [-0.25, -0.2) is 13.6 Å². The summed E-state index contributed by atoms with van der Waals surface area (Å²) < 4.78 is 31.1. The number of amides is 1. The third-order valence-electron chi connectivity index (χ3n) is 4.00. The number of nitrogens with zero attached hydrogens (tertiary/aromatic N) is 1. The topological polar surface area (TPSA) is 49.8 Å². The van der Waals surface area contributed by atoms with E-state index in [1.165, 1.54) is 4.90 Å². The highest BCUT2D eigenvalue weighted by Gasteiger charge is 2.47. The predicted molar refractivity (Wildman–Crippen MR) is 66.2 cm³/mol. The van der Waals surface area contributed by atoms with E-state index in [0.717, 1.165) is 25.0 Å². The van der Waals surface area contributed by atoms with Crippen molar-refractivity contribution in [2.75, 3.05) is 13.2 Å². The molecule has 1 aromatic carbocycles. The molecule has 0 bridgehead atoms. The second kappa shape index (κ2) is 5.01. The van der Waals surface area contributed by atoms with Gasteiger partial charge in [-0.3, -0.25) is 0 Å². The van der Waals surface area contributed by atoms with Crippen LogP contribution < -0.4 is 4.74 Å². The zero-order valence-corrected chi connectivity index (χ0v) is 10.8. The number of aliphatic hydroxyl groups is 1. The van der Waals surface area contributed by atoms with Crippen LogP contribution in [-0.2, 0) is 0 Å². The molecule has 108 valence electrons. The Bertz CT molecular complexity index is 517. The molecule has 2 fully saturated rings. The lowest BCUT2D eigenvalue weighted by molar-refractivity contribution is 0.0791. The molecule has 1 aliphatic heterocycles. The summed E-state index contributed by atoms with van der Waals surface area (Å²) in [6, 6.07) is 2.35. The van der Waals surface area contributed by atoms with Crippen LogP contribution in [0, 0.1) is 23.5 Å². The van der Waals surface area contributed by atoms with Crippen molar-refractivity contribution in [1.82, 2.24) is 4.90 Å². The molecule has 0 spiro atoms. The monoisotopic (exact) mass is 283 g/mol. The molecule has 0 radical (unpaired) electrons. The van der Waals surface area contributed by atoms with Crippen molar-refractivity contribution in [3.63, 3.8) is 0 Å².